The van der Waals surface area contributed by atoms with Crippen LogP contribution >= 0.6 is 11.3 Å². The largest absolute Gasteiger partial charge is 0.480 e. The first-order valence-electron chi connectivity index (χ1n) is 5.38. The molecule has 1 heterocycles. The molecular formula is C10H14N2O5S2. The van der Waals surface area contributed by atoms with Crippen LogP contribution < -0.4 is 10.5 Å². The number of thiophene rings is 1. The predicted octanol–water partition coefficient (Wildman–Crippen LogP) is -0.0826. The maximum atomic E-state index is 11.9. The minimum atomic E-state index is -3.96. The number of carbonyl (C=O) groups excluding carboxylic acids is 1. The average molecular weight is 306 g/mol. The van der Waals surface area contributed by atoms with Gasteiger partial charge in [-0.1, -0.05) is 6.92 Å². The lowest BCUT2D eigenvalue weighted by atomic mass is 10.2. The summed E-state index contributed by atoms with van der Waals surface area (Å²) in [4.78, 5) is 22.5. The number of nitrogens with one attached hydrogen (secondary N) is 1. The molecule has 1 aromatic heterocycles. The van der Waals surface area contributed by atoms with Crippen LogP contribution in [-0.4, -0.2) is 31.4 Å². The molecule has 1 atom stereocenters. The lowest BCUT2D eigenvalue weighted by Crippen LogP contribution is -2.43. The Kier molecular flexibility index (Phi) is 5.04. The van der Waals surface area contributed by atoms with Crippen LogP contribution in [0.5, 0.6) is 0 Å². The fourth-order valence-corrected chi connectivity index (χ4v) is 3.82. The Morgan fingerprint density at radius 3 is 2.53 bits per heavy atom. The van der Waals surface area contributed by atoms with E-state index in [-0.39, 0.29) is 4.21 Å². The Morgan fingerprint density at radius 1 is 1.47 bits per heavy atom. The number of aryl methyl sites for hydroxylation is 1. The molecule has 0 aliphatic heterocycles. The molecule has 1 rings (SSSR count). The van der Waals surface area contributed by atoms with Crippen molar-refractivity contribution < 1.29 is 23.1 Å². The van der Waals surface area contributed by atoms with Crippen molar-refractivity contribution in [1.29, 1.82) is 0 Å². The zero-order valence-electron chi connectivity index (χ0n) is 10.1. The van der Waals surface area contributed by atoms with Crippen LogP contribution in [0.4, 0.5) is 0 Å². The number of aliphatic carboxylic acids is 1. The van der Waals surface area contributed by atoms with E-state index in [0.717, 1.165) is 16.2 Å². The Labute approximate surface area is 114 Å². The highest BCUT2D eigenvalue weighted by atomic mass is 32.2. The van der Waals surface area contributed by atoms with Gasteiger partial charge in [0.2, 0.25) is 5.91 Å². The lowest BCUT2D eigenvalue weighted by Gasteiger charge is -2.11. The quantitative estimate of drug-likeness (QED) is 0.649. The van der Waals surface area contributed by atoms with Gasteiger partial charge in [0.15, 0.2) is 0 Å². The third-order valence-electron chi connectivity index (χ3n) is 2.25. The van der Waals surface area contributed by atoms with E-state index in [4.69, 9.17) is 10.8 Å². The van der Waals surface area contributed by atoms with Gasteiger partial charge in [-0.15, -0.1) is 11.3 Å². The molecule has 1 amide bonds. The summed E-state index contributed by atoms with van der Waals surface area (Å²) < 4.78 is 25.9. The summed E-state index contributed by atoms with van der Waals surface area (Å²) in [6, 6.07) is 1.49. The monoisotopic (exact) mass is 306 g/mol. The van der Waals surface area contributed by atoms with Gasteiger partial charge in [-0.3, -0.25) is 9.59 Å². The molecule has 0 spiro atoms. The van der Waals surface area contributed by atoms with Gasteiger partial charge < -0.3 is 10.8 Å². The van der Waals surface area contributed by atoms with E-state index >= 15 is 0 Å². The SMILES string of the molecule is CCc1ccc(S(=O)(=O)NC(CC(N)=O)C(=O)O)s1. The molecule has 0 fully saturated rings. The van der Waals surface area contributed by atoms with Gasteiger partial charge in [0, 0.05) is 4.88 Å². The highest BCUT2D eigenvalue weighted by Crippen LogP contribution is 2.22. The Hall–Kier alpha value is -1.45. The van der Waals surface area contributed by atoms with E-state index in [1.165, 1.54) is 6.07 Å². The van der Waals surface area contributed by atoms with Crippen molar-refractivity contribution in [2.24, 2.45) is 5.73 Å². The summed E-state index contributed by atoms with van der Waals surface area (Å²) in [7, 11) is -3.96. The van der Waals surface area contributed by atoms with Crippen LogP contribution in [0.25, 0.3) is 0 Å². The number of primary amides is 1. The third kappa shape index (κ3) is 4.30. The number of hydrogen-bond donors (Lipinski definition) is 3. The summed E-state index contributed by atoms with van der Waals surface area (Å²) in [6.45, 7) is 1.88. The van der Waals surface area contributed by atoms with Gasteiger partial charge in [0.25, 0.3) is 10.0 Å². The van der Waals surface area contributed by atoms with Crippen molar-refractivity contribution in [3.8, 4) is 0 Å². The summed E-state index contributed by atoms with van der Waals surface area (Å²) in [6.07, 6.45) is 0.0877. The standard InChI is InChI=1S/C10H14N2O5S2/c1-2-6-3-4-9(18-6)19(16,17)12-7(10(14)15)5-8(11)13/h3-4,7,12H,2,5H2,1H3,(H2,11,13)(H,14,15). The zero-order valence-corrected chi connectivity index (χ0v) is 11.8. The highest BCUT2D eigenvalue weighted by Gasteiger charge is 2.27. The maximum Gasteiger partial charge on any atom is 0.322 e. The third-order valence-corrected chi connectivity index (χ3v) is 5.44. The van der Waals surface area contributed by atoms with Crippen LogP contribution in [0.3, 0.4) is 0 Å². The molecule has 0 radical (unpaired) electrons. The molecule has 0 aliphatic carbocycles. The maximum absolute atomic E-state index is 11.9. The van der Waals surface area contributed by atoms with E-state index < -0.39 is 34.4 Å². The average Bonchev–Trinajstić information content (AvgIpc) is 2.76. The first-order valence-corrected chi connectivity index (χ1v) is 7.68. The molecule has 0 aromatic carbocycles. The summed E-state index contributed by atoms with van der Waals surface area (Å²) in [5.41, 5.74) is 4.88. The van der Waals surface area contributed by atoms with Gasteiger partial charge in [0.1, 0.15) is 10.3 Å². The molecule has 1 unspecified atom stereocenters. The Balaban J connectivity index is 2.93. The minimum Gasteiger partial charge on any atom is -0.480 e. The van der Waals surface area contributed by atoms with Gasteiger partial charge in [-0.05, 0) is 18.6 Å². The first-order chi connectivity index (χ1) is 8.76. The zero-order chi connectivity index (χ0) is 14.6. The molecule has 9 heteroatoms. The molecule has 0 aliphatic rings. The molecule has 19 heavy (non-hydrogen) atoms. The van der Waals surface area contributed by atoms with Crippen molar-refractivity contribution in [2.45, 2.75) is 30.0 Å². The van der Waals surface area contributed by atoms with Gasteiger partial charge in [-0.25, -0.2) is 8.42 Å². The Bertz CT molecular complexity index is 578. The van der Waals surface area contributed by atoms with Gasteiger partial charge >= 0.3 is 5.97 Å². The van der Waals surface area contributed by atoms with Crippen molar-refractivity contribution in [3.63, 3.8) is 0 Å². The predicted molar refractivity (Wildman–Crippen MR) is 69.3 cm³/mol. The second kappa shape index (κ2) is 6.13. The molecule has 0 saturated heterocycles. The van der Waals surface area contributed by atoms with E-state index in [0.29, 0.717) is 6.42 Å². The van der Waals surface area contributed by atoms with E-state index in [9.17, 15) is 18.0 Å². The lowest BCUT2D eigenvalue weighted by molar-refractivity contribution is -0.140. The molecule has 7 nitrogen and oxygen atoms in total. The number of amides is 1. The minimum absolute atomic E-state index is 0.0140. The van der Waals surface area contributed by atoms with Crippen LogP contribution in [0.2, 0.25) is 0 Å². The number of carboxylic acid groups (broad SMARTS) is 1. The van der Waals surface area contributed by atoms with Crippen LogP contribution in [0.1, 0.15) is 18.2 Å². The number of carbonyl (C=O) groups is 2. The number of carboxylic acids is 1. The second-order valence-electron chi connectivity index (χ2n) is 3.76. The topological polar surface area (TPSA) is 127 Å². The van der Waals surface area contributed by atoms with Gasteiger partial charge in [-0.2, -0.15) is 4.72 Å². The summed E-state index contributed by atoms with van der Waals surface area (Å²) in [5.74, 6) is -2.34. The van der Waals surface area contributed by atoms with Gasteiger partial charge in [0.05, 0.1) is 6.42 Å². The van der Waals surface area contributed by atoms with Crippen LogP contribution in [0, 0.1) is 0 Å². The van der Waals surface area contributed by atoms with E-state index in [1.54, 1.807) is 6.07 Å². The van der Waals surface area contributed by atoms with E-state index in [1.807, 2.05) is 11.6 Å². The summed E-state index contributed by atoms with van der Waals surface area (Å²) in [5, 5.41) is 8.85. The molecule has 4 N–H and O–H groups in total. The highest BCUT2D eigenvalue weighted by molar-refractivity contribution is 7.91. The van der Waals surface area contributed by atoms with Crippen LogP contribution in [-0.2, 0) is 26.0 Å². The fourth-order valence-electron chi connectivity index (χ4n) is 1.32. The Morgan fingerprint density at radius 2 is 2.11 bits per heavy atom. The number of rotatable bonds is 7. The fraction of sp³-hybridized carbons (Fsp3) is 0.400. The van der Waals surface area contributed by atoms with E-state index in [2.05, 4.69) is 0 Å². The first kappa shape index (κ1) is 15.6. The van der Waals surface area contributed by atoms with Crippen molar-refractivity contribution in [1.82, 2.24) is 4.72 Å². The smallest absolute Gasteiger partial charge is 0.322 e. The number of sulfonamides is 1. The van der Waals surface area contributed by atoms with Crippen molar-refractivity contribution in [3.05, 3.63) is 17.0 Å². The van der Waals surface area contributed by atoms with Crippen molar-refractivity contribution in [2.75, 3.05) is 0 Å². The molecule has 1 aromatic rings. The molecule has 106 valence electrons. The molecular weight excluding hydrogens is 292 g/mol. The summed E-state index contributed by atoms with van der Waals surface area (Å²) >= 11 is 1.05. The van der Waals surface area contributed by atoms with Crippen molar-refractivity contribution >= 4 is 33.2 Å². The molecule has 0 saturated carbocycles. The normalized spacial score (nSPS) is 13.1. The number of hydrogen-bond acceptors (Lipinski definition) is 5. The number of nitrogens with two attached hydrogens (primary N) is 1. The van der Waals surface area contributed by atoms with Crippen LogP contribution in [0.15, 0.2) is 16.3 Å². The second-order valence-corrected chi connectivity index (χ2v) is 6.87. The molecule has 0 bridgehead atoms.